The molecule has 0 saturated carbocycles. The van der Waals surface area contributed by atoms with Gasteiger partial charge in [0.15, 0.2) is 0 Å². The molecule has 2 fully saturated rings. The predicted octanol–water partition coefficient (Wildman–Crippen LogP) is 2.60. The van der Waals surface area contributed by atoms with Gasteiger partial charge in [0.05, 0.1) is 12.5 Å². The van der Waals surface area contributed by atoms with Crippen molar-refractivity contribution in [2.75, 3.05) is 26.3 Å². The zero-order valence-corrected chi connectivity index (χ0v) is 13.8. The summed E-state index contributed by atoms with van der Waals surface area (Å²) in [7, 11) is 0. The Morgan fingerprint density at radius 2 is 2.30 bits per heavy atom. The first-order chi connectivity index (χ1) is 11.1. The fraction of sp³-hybridized carbons (Fsp3) is 0.588. The average molecular weight is 341 g/mol. The highest BCUT2D eigenvalue weighted by molar-refractivity contribution is 6.31. The van der Waals surface area contributed by atoms with E-state index in [0.717, 1.165) is 37.9 Å². The molecule has 23 heavy (non-hydrogen) atoms. The summed E-state index contributed by atoms with van der Waals surface area (Å²) in [5, 5.41) is 3.60. The Morgan fingerprint density at radius 3 is 3.04 bits per heavy atom. The van der Waals surface area contributed by atoms with Crippen LogP contribution in [0.4, 0.5) is 4.39 Å². The summed E-state index contributed by atoms with van der Waals surface area (Å²) in [6.45, 7) is 3.66. The Bertz CT molecular complexity index is 564. The maximum Gasteiger partial charge on any atom is 0.225 e. The quantitative estimate of drug-likeness (QED) is 0.916. The van der Waals surface area contributed by atoms with Crippen molar-refractivity contribution >= 4 is 17.5 Å². The molecule has 0 bridgehead atoms. The van der Waals surface area contributed by atoms with Crippen molar-refractivity contribution in [1.29, 1.82) is 0 Å². The SMILES string of the molecule is O=C(N[C@@H]1CCCN(Cc2ccc(F)cc2Cl)C1)[C@@H]1CCOC1. The van der Waals surface area contributed by atoms with Gasteiger partial charge in [-0.05, 0) is 43.5 Å². The lowest BCUT2D eigenvalue weighted by molar-refractivity contribution is -0.126. The van der Waals surface area contributed by atoms with Gasteiger partial charge in [-0.1, -0.05) is 17.7 Å². The number of ether oxygens (including phenoxy) is 1. The Morgan fingerprint density at radius 1 is 1.43 bits per heavy atom. The second-order valence-electron chi connectivity index (χ2n) is 6.38. The molecule has 2 saturated heterocycles. The fourth-order valence-electron chi connectivity index (χ4n) is 3.27. The third-order valence-electron chi connectivity index (χ3n) is 4.56. The van der Waals surface area contributed by atoms with Crippen molar-refractivity contribution in [1.82, 2.24) is 10.2 Å². The number of benzene rings is 1. The predicted molar refractivity (Wildman–Crippen MR) is 86.8 cm³/mol. The van der Waals surface area contributed by atoms with Crippen LogP contribution in [0.15, 0.2) is 18.2 Å². The van der Waals surface area contributed by atoms with Crippen LogP contribution in [0.2, 0.25) is 5.02 Å². The lowest BCUT2D eigenvalue weighted by Crippen LogP contribution is -2.49. The largest absolute Gasteiger partial charge is 0.381 e. The zero-order chi connectivity index (χ0) is 16.2. The van der Waals surface area contributed by atoms with Crippen LogP contribution < -0.4 is 5.32 Å². The summed E-state index contributed by atoms with van der Waals surface area (Å²) in [5.74, 6) is -0.215. The van der Waals surface area contributed by atoms with Gasteiger partial charge in [0.1, 0.15) is 5.82 Å². The number of carbonyl (C=O) groups excluding carboxylic acids is 1. The lowest BCUT2D eigenvalue weighted by atomic mass is 10.0. The molecule has 126 valence electrons. The molecule has 1 aromatic carbocycles. The van der Waals surface area contributed by atoms with Crippen molar-refractivity contribution in [2.45, 2.75) is 31.8 Å². The number of likely N-dealkylation sites (tertiary alicyclic amines) is 1. The summed E-state index contributed by atoms with van der Waals surface area (Å²) >= 11 is 6.11. The Balaban J connectivity index is 1.54. The molecule has 1 aromatic rings. The Kier molecular flexibility index (Phi) is 5.51. The highest BCUT2D eigenvalue weighted by Gasteiger charge is 2.27. The zero-order valence-electron chi connectivity index (χ0n) is 13.1. The van der Waals surface area contributed by atoms with Crippen molar-refractivity contribution < 1.29 is 13.9 Å². The molecule has 0 spiro atoms. The van der Waals surface area contributed by atoms with Crippen LogP contribution >= 0.6 is 11.6 Å². The number of nitrogens with zero attached hydrogens (tertiary/aromatic N) is 1. The Labute approximate surface area is 140 Å². The molecule has 6 heteroatoms. The van der Waals surface area contributed by atoms with Crippen molar-refractivity contribution in [3.8, 4) is 0 Å². The molecule has 0 radical (unpaired) electrons. The molecule has 2 heterocycles. The molecule has 1 N–H and O–H groups in total. The van der Waals surface area contributed by atoms with E-state index >= 15 is 0 Å². The topological polar surface area (TPSA) is 41.6 Å². The number of rotatable bonds is 4. The minimum absolute atomic E-state index is 0.00285. The van der Waals surface area contributed by atoms with Crippen LogP contribution in [-0.2, 0) is 16.1 Å². The second-order valence-corrected chi connectivity index (χ2v) is 6.79. The maximum atomic E-state index is 13.1. The van der Waals surface area contributed by atoms with Crippen LogP contribution in [0, 0.1) is 11.7 Å². The van der Waals surface area contributed by atoms with Gasteiger partial charge < -0.3 is 10.1 Å². The van der Waals surface area contributed by atoms with Crippen molar-refractivity contribution in [3.05, 3.63) is 34.6 Å². The minimum atomic E-state index is -0.318. The van der Waals surface area contributed by atoms with E-state index in [1.165, 1.54) is 12.1 Å². The molecule has 0 aliphatic carbocycles. The number of amides is 1. The number of hydrogen-bond acceptors (Lipinski definition) is 3. The fourth-order valence-corrected chi connectivity index (χ4v) is 3.50. The van der Waals surface area contributed by atoms with Crippen molar-refractivity contribution in [2.24, 2.45) is 5.92 Å². The van der Waals surface area contributed by atoms with Gasteiger partial charge in [0.2, 0.25) is 5.91 Å². The van der Waals surface area contributed by atoms with Gasteiger partial charge >= 0.3 is 0 Å². The number of halogens is 2. The first-order valence-corrected chi connectivity index (χ1v) is 8.54. The third-order valence-corrected chi connectivity index (χ3v) is 4.91. The van der Waals surface area contributed by atoms with Crippen molar-refractivity contribution in [3.63, 3.8) is 0 Å². The molecule has 3 rings (SSSR count). The molecule has 2 aliphatic rings. The normalized spacial score (nSPS) is 25.5. The van der Waals surface area contributed by atoms with Gasteiger partial charge in [-0.25, -0.2) is 4.39 Å². The molecular weight excluding hydrogens is 319 g/mol. The average Bonchev–Trinajstić information content (AvgIpc) is 3.05. The summed E-state index contributed by atoms with van der Waals surface area (Å²) < 4.78 is 18.4. The molecule has 0 aromatic heterocycles. The van der Waals surface area contributed by atoms with Crippen LogP contribution in [0.25, 0.3) is 0 Å². The maximum absolute atomic E-state index is 13.1. The van der Waals surface area contributed by atoms with Crippen LogP contribution in [0.3, 0.4) is 0 Å². The van der Waals surface area contributed by atoms with Crippen LogP contribution in [0.1, 0.15) is 24.8 Å². The molecule has 2 atom stereocenters. The summed E-state index contributed by atoms with van der Waals surface area (Å²) in [6.07, 6.45) is 2.84. The smallest absolute Gasteiger partial charge is 0.225 e. The molecule has 0 unspecified atom stereocenters. The first kappa shape index (κ1) is 16.7. The summed E-state index contributed by atoms with van der Waals surface area (Å²) in [5.41, 5.74) is 0.921. The minimum Gasteiger partial charge on any atom is -0.381 e. The van der Waals surface area contributed by atoms with E-state index in [1.54, 1.807) is 6.07 Å². The number of carbonyl (C=O) groups is 1. The van der Waals surface area contributed by atoms with E-state index in [2.05, 4.69) is 10.2 Å². The van der Waals surface area contributed by atoms with Gasteiger partial charge in [-0.15, -0.1) is 0 Å². The highest BCUT2D eigenvalue weighted by Crippen LogP contribution is 2.21. The van der Waals surface area contributed by atoms with E-state index in [1.807, 2.05) is 0 Å². The summed E-state index contributed by atoms with van der Waals surface area (Å²) in [4.78, 5) is 14.5. The number of hydrogen-bond donors (Lipinski definition) is 1. The molecule has 2 aliphatic heterocycles. The van der Waals surface area contributed by atoms with Gasteiger partial charge in [-0.3, -0.25) is 9.69 Å². The summed E-state index contributed by atoms with van der Waals surface area (Å²) in [6, 6.07) is 4.68. The number of piperidine rings is 1. The number of nitrogens with one attached hydrogen (secondary N) is 1. The van der Waals surface area contributed by atoms with E-state index < -0.39 is 0 Å². The van der Waals surface area contributed by atoms with E-state index in [-0.39, 0.29) is 23.7 Å². The van der Waals surface area contributed by atoms with Crippen LogP contribution in [-0.4, -0.2) is 43.2 Å². The highest BCUT2D eigenvalue weighted by atomic mass is 35.5. The molecular formula is C17H22ClFN2O2. The molecule has 1 amide bonds. The van der Waals surface area contributed by atoms with E-state index in [0.29, 0.717) is 24.8 Å². The van der Waals surface area contributed by atoms with Gasteiger partial charge in [0, 0.05) is 30.8 Å². The van der Waals surface area contributed by atoms with E-state index in [4.69, 9.17) is 16.3 Å². The monoisotopic (exact) mass is 340 g/mol. The van der Waals surface area contributed by atoms with Gasteiger partial charge in [-0.2, -0.15) is 0 Å². The Hall–Kier alpha value is -1.17. The standard InChI is InChI=1S/C17H22ClFN2O2/c18-16-8-14(19)4-3-12(16)9-21-6-1-2-15(10-21)20-17(22)13-5-7-23-11-13/h3-4,8,13,15H,1-2,5-7,9-11H2,(H,20,22)/t13-,15-/m1/s1. The lowest BCUT2D eigenvalue weighted by Gasteiger charge is -2.33. The first-order valence-electron chi connectivity index (χ1n) is 8.16. The van der Waals surface area contributed by atoms with E-state index in [9.17, 15) is 9.18 Å². The van der Waals surface area contributed by atoms with Gasteiger partial charge in [0.25, 0.3) is 0 Å². The third kappa shape index (κ3) is 4.43. The second kappa shape index (κ2) is 7.60. The van der Waals surface area contributed by atoms with Crippen LogP contribution in [0.5, 0.6) is 0 Å². The molecule has 4 nitrogen and oxygen atoms in total.